The van der Waals surface area contributed by atoms with Gasteiger partial charge in [-0.25, -0.2) is 14.4 Å². The maximum Gasteiger partial charge on any atom is 0.264 e. The van der Waals surface area contributed by atoms with Gasteiger partial charge in [-0.1, -0.05) is 49.4 Å². The highest BCUT2D eigenvalue weighted by atomic mass is 32.1. The number of carbonyl (C=O) groups excluding carboxylic acids is 1. The van der Waals surface area contributed by atoms with E-state index in [1.165, 1.54) is 40.3 Å². The molecule has 1 N–H and O–H groups in total. The summed E-state index contributed by atoms with van der Waals surface area (Å²) >= 11 is 1.34. The number of para-hydroxylation sites is 1. The van der Waals surface area contributed by atoms with Crippen molar-refractivity contribution in [1.29, 1.82) is 0 Å². The monoisotopic (exact) mass is 434 g/mol. The summed E-state index contributed by atoms with van der Waals surface area (Å²) in [6.45, 7) is 1.58. The first-order valence-corrected chi connectivity index (χ1v) is 10.6. The molecule has 0 spiro atoms. The second-order valence-electron chi connectivity index (χ2n) is 6.76. The molecule has 6 nitrogen and oxygen atoms in total. The number of carbonyl (C=O) groups is 1. The van der Waals surface area contributed by atoms with Crippen molar-refractivity contribution in [2.75, 3.05) is 5.32 Å². The Labute approximate surface area is 182 Å². The molecule has 2 aromatic heterocycles. The Morgan fingerprint density at radius 1 is 1.13 bits per heavy atom. The number of nitrogens with zero attached hydrogens (tertiary/aromatic N) is 3. The molecule has 4 rings (SSSR count). The number of thiazole rings is 1. The SMILES string of the molecule is CCc1ncc(-c2nc(-c3ccccc3)cs2)c(=O)n1CC(=O)Nc1ccccc1F. The topological polar surface area (TPSA) is 76.9 Å². The average Bonchev–Trinajstić information content (AvgIpc) is 3.27. The van der Waals surface area contributed by atoms with Crippen molar-refractivity contribution >= 4 is 22.9 Å². The molecular formula is C23H19FN4O2S. The lowest BCUT2D eigenvalue weighted by atomic mass is 10.2. The highest BCUT2D eigenvalue weighted by molar-refractivity contribution is 7.13. The van der Waals surface area contributed by atoms with Gasteiger partial charge >= 0.3 is 0 Å². The van der Waals surface area contributed by atoms with Crippen molar-refractivity contribution in [2.24, 2.45) is 0 Å². The number of rotatable bonds is 6. The van der Waals surface area contributed by atoms with Gasteiger partial charge in [0, 0.05) is 23.6 Å². The fourth-order valence-corrected chi connectivity index (χ4v) is 3.98. The van der Waals surface area contributed by atoms with Gasteiger partial charge in [0.2, 0.25) is 5.91 Å². The molecule has 0 saturated heterocycles. The van der Waals surface area contributed by atoms with Crippen LogP contribution in [-0.2, 0) is 17.8 Å². The summed E-state index contributed by atoms with van der Waals surface area (Å²) in [6, 6.07) is 15.5. The van der Waals surface area contributed by atoms with Crippen molar-refractivity contribution in [2.45, 2.75) is 19.9 Å². The molecule has 2 aromatic carbocycles. The zero-order valence-electron chi connectivity index (χ0n) is 16.7. The molecule has 0 unspecified atom stereocenters. The lowest BCUT2D eigenvalue weighted by Crippen LogP contribution is -2.31. The van der Waals surface area contributed by atoms with Crippen molar-refractivity contribution in [3.63, 3.8) is 0 Å². The summed E-state index contributed by atoms with van der Waals surface area (Å²) in [5.41, 5.74) is 1.75. The molecule has 0 aliphatic carbocycles. The number of benzene rings is 2. The summed E-state index contributed by atoms with van der Waals surface area (Å²) in [7, 11) is 0. The van der Waals surface area contributed by atoms with Gasteiger partial charge < -0.3 is 5.32 Å². The second kappa shape index (κ2) is 9.01. The summed E-state index contributed by atoms with van der Waals surface area (Å²) < 4.78 is 15.2. The molecule has 0 aliphatic heterocycles. The summed E-state index contributed by atoms with van der Waals surface area (Å²) in [4.78, 5) is 34.6. The fraction of sp³-hybridized carbons (Fsp3) is 0.130. The molecule has 0 aliphatic rings. The number of anilines is 1. The van der Waals surface area contributed by atoms with Crippen LogP contribution in [0.4, 0.5) is 10.1 Å². The largest absolute Gasteiger partial charge is 0.322 e. The van der Waals surface area contributed by atoms with E-state index in [1.807, 2.05) is 42.6 Å². The minimum Gasteiger partial charge on any atom is -0.322 e. The lowest BCUT2D eigenvalue weighted by Gasteiger charge is -2.12. The normalized spacial score (nSPS) is 10.8. The number of hydrogen-bond acceptors (Lipinski definition) is 5. The van der Waals surface area contributed by atoms with Crippen LogP contribution in [0.5, 0.6) is 0 Å². The van der Waals surface area contributed by atoms with Crippen molar-refractivity contribution < 1.29 is 9.18 Å². The summed E-state index contributed by atoms with van der Waals surface area (Å²) in [6.07, 6.45) is 1.97. The number of amides is 1. The minimum absolute atomic E-state index is 0.0649. The van der Waals surface area contributed by atoms with Gasteiger partial charge in [-0.3, -0.25) is 14.2 Å². The highest BCUT2D eigenvalue weighted by Crippen LogP contribution is 2.27. The maximum absolute atomic E-state index is 13.8. The average molecular weight is 434 g/mol. The predicted molar refractivity (Wildman–Crippen MR) is 119 cm³/mol. The molecule has 156 valence electrons. The van der Waals surface area contributed by atoms with Crippen molar-refractivity contribution in [1.82, 2.24) is 14.5 Å². The first-order chi connectivity index (χ1) is 15.1. The lowest BCUT2D eigenvalue weighted by molar-refractivity contribution is -0.116. The number of halogens is 1. The molecule has 8 heteroatoms. The molecule has 31 heavy (non-hydrogen) atoms. The smallest absolute Gasteiger partial charge is 0.264 e. The van der Waals surface area contributed by atoms with Gasteiger partial charge in [-0.05, 0) is 12.1 Å². The van der Waals surface area contributed by atoms with Gasteiger partial charge in [0.25, 0.3) is 5.56 Å². The van der Waals surface area contributed by atoms with Gasteiger partial charge in [0.05, 0.1) is 16.9 Å². The van der Waals surface area contributed by atoms with Gasteiger partial charge in [-0.2, -0.15) is 0 Å². The standard InChI is InChI=1S/C23H19FN4O2S/c1-2-20-25-12-16(22-27-19(14-31-22)15-8-4-3-5-9-15)23(30)28(20)13-21(29)26-18-11-7-6-10-17(18)24/h3-12,14H,2,13H2,1H3,(H,26,29). The van der Waals surface area contributed by atoms with Gasteiger partial charge in [0.15, 0.2) is 0 Å². The van der Waals surface area contributed by atoms with Crippen LogP contribution >= 0.6 is 11.3 Å². The van der Waals surface area contributed by atoms with E-state index in [0.29, 0.717) is 22.8 Å². The van der Waals surface area contributed by atoms with Crippen LogP contribution in [0.2, 0.25) is 0 Å². The third-order valence-electron chi connectivity index (χ3n) is 4.70. The third-order valence-corrected chi connectivity index (χ3v) is 5.58. The van der Waals surface area contributed by atoms with Crippen molar-refractivity contribution in [3.05, 3.63) is 88.2 Å². The fourth-order valence-electron chi connectivity index (χ4n) is 3.15. The molecule has 4 aromatic rings. The van der Waals surface area contributed by atoms with Crippen LogP contribution < -0.4 is 10.9 Å². The number of aromatic nitrogens is 3. The number of hydrogen-bond donors (Lipinski definition) is 1. The minimum atomic E-state index is -0.540. The van der Waals surface area contributed by atoms with E-state index in [9.17, 15) is 14.0 Å². The number of nitrogens with one attached hydrogen (secondary N) is 1. The van der Waals surface area contributed by atoms with Crippen LogP contribution in [0.15, 0.2) is 71.0 Å². The zero-order valence-corrected chi connectivity index (χ0v) is 17.5. The van der Waals surface area contributed by atoms with Crippen LogP contribution in [0, 0.1) is 5.82 Å². The van der Waals surface area contributed by atoms with E-state index < -0.39 is 11.7 Å². The van der Waals surface area contributed by atoms with Gasteiger partial charge in [-0.15, -0.1) is 11.3 Å². The summed E-state index contributed by atoms with van der Waals surface area (Å²) in [5, 5.41) is 4.92. The molecule has 2 heterocycles. The third kappa shape index (κ3) is 4.44. The Morgan fingerprint density at radius 2 is 1.87 bits per heavy atom. The molecule has 0 atom stereocenters. The Morgan fingerprint density at radius 3 is 2.61 bits per heavy atom. The molecule has 0 bridgehead atoms. The first kappa shape index (κ1) is 20.6. The molecule has 0 fully saturated rings. The summed E-state index contributed by atoms with van der Waals surface area (Å²) in [5.74, 6) is -0.579. The van der Waals surface area contributed by atoms with Gasteiger partial charge in [0.1, 0.15) is 23.2 Å². The van der Waals surface area contributed by atoms with Crippen LogP contribution in [-0.4, -0.2) is 20.4 Å². The van der Waals surface area contributed by atoms with Crippen molar-refractivity contribution in [3.8, 4) is 21.8 Å². The van der Waals surface area contributed by atoms with Crippen LogP contribution in [0.1, 0.15) is 12.7 Å². The Kier molecular flexibility index (Phi) is 5.99. The Hall–Kier alpha value is -3.65. The first-order valence-electron chi connectivity index (χ1n) is 9.71. The van der Waals surface area contributed by atoms with E-state index >= 15 is 0 Å². The zero-order chi connectivity index (χ0) is 21.8. The van der Waals surface area contributed by atoms with E-state index in [0.717, 1.165) is 11.3 Å². The number of aryl methyl sites for hydroxylation is 1. The quantitative estimate of drug-likeness (QED) is 0.489. The Bertz CT molecular complexity index is 1280. The second-order valence-corrected chi connectivity index (χ2v) is 7.62. The van der Waals surface area contributed by atoms with Crippen LogP contribution in [0.3, 0.4) is 0 Å². The van der Waals surface area contributed by atoms with E-state index in [4.69, 9.17) is 0 Å². The molecule has 1 amide bonds. The highest BCUT2D eigenvalue weighted by Gasteiger charge is 2.17. The van der Waals surface area contributed by atoms with E-state index in [-0.39, 0.29) is 17.8 Å². The van der Waals surface area contributed by atoms with E-state index in [2.05, 4.69) is 15.3 Å². The van der Waals surface area contributed by atoms with E-state index in [1.54, 1.807) is 6.07 Å². The Balaban J connectivity index is 1.64. The molecular weight excluding hydrogens is 415 g/mol. The maximum atomic E-state index is 13.8. The molecule has 0 saturated carbocycles. The molecule has 0 radical (unpaired) electrons. The predicted octanol–water partition coefficient (Wildman–Crippen LogP) is 4.37. The van der Waals surface area contributed by atoms with Crippen LogP contribution in [0.25, 0.3) is 21.8 Å².